The monoisotopic (exact) mass is 328 g/mol. The fourth-order valence-corrected chi connectivity index (χ4v) is 2.75. The van der Waals surface area contributed by atoms with E-state index in [-0.39, 0.29) is 11.6 Å². The summed E-state index contributed by atoms with van der Waals surface area (Å²) in [5.41, 5.74) is 0.234. The van der Waals surface area contributed by atoms with Crippen LogP contribution in [0.1, 0.15) is 19.8 Å². The topological polar surface area (TPSA) is 32.3 Å². The molecule has 0 saturated carbocycles. The number of amides is 1. The van der Waals surface area contributed by atoms with Gasteiger partial charge in [-0.2, -0.15) is 0 Å². The van der Waals surface area contributed by atoms with Gasteiger partial charge in [0, 0.05) is 11.0 Å². The number of rotatable bonds is 3. The maximum atomic E-state index is 13.6. The predicted molar refractivity (Wildman–Crippen MR) is 77.6 cm³/mol. The van der Waals surface area contributed by atoms with Gasteiger partial charge in [-0.05, 0) is 43.5 Å². The molecule has 0 aromatic heterocycles. The van der Waals surface area contributed by atoms with E-state index in [4.69, 9.17) is 0 Å². The van der Waals surface area contributed by atoms with Gasteiger partial charge in [0.05, 0.1) is 12.2 Å². The number of nitrogens with one attached hydrogen (secondary N) is 1. The Morgan fingerprint density at radius 3 is 3.05 bits per heavy atom. The summed E-state index contributed by atoms with van der Waals surface area (Å²) >= 11 is 3.19. The van der Waals surface area contributed by atoms with E-state index in [1.807, 2.05) is 0 Å². The van der Waals surface area contributed by atoms with Crippen LogP contribution in [0.2, 0.25) is 0 Å². The van der Waals surface area contributed by atoms with E-state index >= 15 is 0 Å². The summed E-state index contributed by atoms with van der Waals surface area (Å²) in [5, 5.41) is 2.62. The van der Waals surface area contributed by atoms with Gasteiger partial charge in [0.1, 0.15) is 5.82 Å². The summed E-state index contributed by atoms with van der Waals surface area (Å²) in [6, 6.07) is 4.62. The molecule has 0 spiro atoms. The van der Waals surface area contributed by atoms with Crippen LogP contribution in [0.25, 0.3) is 0 Å². The van der Waals surface area contributed by atoms with Crippen LogP contribution in [0.5, 0.6) is 0 Å². The van der Waals surface area contributed by atoms with Crippen LogP contribution in [-0.4, -0.2) is 30.4 Å². The molecule has 0 unspecified atom stereocenters. The molecule has 0 radical (unpaired) electrons. The molecule has 1 aromatic rings. The third kappa shape index (κ3) is 4.28. The van der Waals surface area contributed by atoms with E-state index in [2.05, 4.69) is 33.1 Å². The van der Waals surface area contributed by atoms with Crippen LogP contribution in [-0.2, 0) is 4.79 Å². The molecule has 1 atom stereocenters. The summed E-state index contributed by atoms with van der Waals surface area (Å²) in [4.78, 5) is 14.0. The molecule has 3 nitrogen and oxygen atoms in total. The lowest BCUT2D eigenvalue weighted by Gasteiger charge is -2.30. The largest absolute Gasteiger partial charge is 0.322 e. The molecule has 0 bridgehead atoms. The number of piperidine rings is 1. The van der Waals surface area contributed by atoms with Gasteiger partial charge in [-0.1, -0.05) is 22.9 Å². The van der Waals surface area contributed by atoms with Gasteiger partial charge < -0.3 is 5.32 Å². The van der Waals surface area contributed by atoms with Gasteiger partial charge in [-0.15, -0.1) is 0 Å². The Kier molecular flexibility index (Phi) is 4.93. The van der Waals surface area contributed by atoms with Gasteiger partial charge in [0.15, 0.2) is 0 Å². The molecule has 19 heavy (non-hydrogen) atoms. The van der Waals surface area contributed by atoms with Crippen LogP contribution in [0.3, 0.4) is 0 Å². The molecule has 2 rings (SSSR count). The summed E-state index contributed by atoms with van der Waals surface area (Å²) in [5.74, 6) is 0.0519. The first kappa shape index (κ1) is 14.5. The Labute approximate surface area is 121 Å². The fourth-order valence-electron chi connectivity index (χ4n) is 2.41. The first-order valence-electron chi connectivity index (χ1n) is 6.52. The molecule has 1 fully saturated rings. The van der Waals surface area contributed by atoms with Gasteiger partial charge >= 0.3 is 0 Å². The lowest BCUT2D eigenvalue weighted by molar-refractivity contribution is -0.117. The van der Waals surface area contributed by atoms with Gasteiger partial charge in [0.25, 0.3) is 0 Å². The number of halogens is 2. The van der Waals surface area contributed by atoms with Crippen molar-refractivity contribution in [1.29, 1.82) is 0 Å². The summed E-state index contributed by atoms with van der Waals surface area (Å²) < 4.78 is 14.3. The summed E-state index contributed by atoms with van der Waals surface area (Å²) in [7, 11) is 0. The highest BCUT2D eigenvalue weighted by Crippen LogP contribution is 2.20. The lowest BCUT2D eigenvalue weighted by Crippen LogP contribution is -2.39. The van der Waals surface area contributed by atoms with E-state index in [1.165, 1.54) is 12.5 Å². The van der Waals surface area contributed by atoms with E-state index in [1.54, 1.807) is 12.1 Å². The molecule has 1 saturated heterocycles. The molecule has 0 aliphatic carbocycles. The van der Waals surface area contributed by atoms with Gasteiger partial charge in [0.2, 0.25) is 5.91 Å². The van der Waals surface area contributed by atoms with Crippen molar-refractivity contribution in [2.75, 3.05) is 25.0 Å². The Hall–Kier alpha value is -0.940. The number of benzene rings is 1. The number of nitrogens with zero attached hydrogens (tertiary/aromatic N) is 1. The number of carbonyl (C=O) groups is 1. The average molecular weight is 329 g/mol. The highest BCUT2D eigenvalue weighted by atomic mass is 79.9. The second-order valence-corrected chi connectivity index (χ2v) is 6.07. The molecule has 1 N–H and O–H groups in total. The number of likely N-dealkylation sites (tertiary alicyclic amines) is 1. The molecular formula is C14H18BrFN2O. The molecular weight excluding hydrogens is 311 g/mol. The minimum Gasteiger partial charge on any atom is -0.322 e. The smallest absolute Gasteiger partial charge is 0.238 e. The number of hydrogen-bond acceptors (Lipinski definition) is 2. The first-order chi connectivity index (χ1) is 9.04. The van der Waals surface area contributed by atoms with Crippen molar-refractivity contribution in [2.24, 2.45) is 5.92 Å². The van der Waals surface area contributed by atoms with E-state index in [9.17, 15) is 9.18 Å². The van der Waals surface area contributed by atoms with Gasteiger partial charge in [-0.25, -0.2) is 4.39 Å². The lowest BCUT2D eigenvalue weighted by atomic mass is 10.0. The zero-order chi connectivity index (χ0) is 13.8. The van der Waals surface area contributed by atoms with Crippen molar-refractivity contribution in [3.05, 3.63) is 28.5 Å². The van der Waals surface area contributed by atoms with Crippen molar-refractivity contribution in [1.82, 2.24) is 4.90 Å². The van der Waals surface area contributed by atoms with Crippen molar-refractivity contribution < 1.29 is 9.18 Å². The van der Waals surface area contributed by atoms with Crippen LogP contribution >= 0.6 is 15.9 Å². The highest BCUT2D eigenvalue weighted by molar-refractivity contribution is 9.10. The van der Waals surface area contributed by atoms with E-state index in [0.29, 0.717) is 16.9 Å². The normalized spacial score (nSPS) is 20.3. The molecule has 104 valence electrons. The Morgan fingerprint density at radius 1 is 1.58 bits per heavy atom. The molecule has 1 aliphatic rings. The Bertz CT molecular complexity index is 467. The van der Waals surface area contributed by atoms with Crippen LogP contribution in [0.4, 0.5) is 10.1 Å². The zero-order valence-corrected chi connectivity index (χ0v) is 12.5. The third-order valence-corrected chi connectivity index (χ3v) is 3.81. The molecule has 5 heteroatoms. The van der Waals surface area contributed by atoms with Gasteiger partial charge in [-0.3, -0.25) is 9.69 Å². The van der Waals surface area contributed by atoms with Crippen molar-refractivity contribution in [3.8, 4) is 0 Å². The second-order valence-electron chi connectivity index (χ2n) is 5.15. The standard InChI is InChI=1S/C14H18BrFN2O/c1-10-3-2-6-18(8-10)9-14(19)17-13-5-4-11(15)7-12(13)16/h4-5,7,10H,2-3,6,8-9H2,1H3,(H,17,19)/t10-/m1/s1. The van der Waals surface area contributed by atoms with Crippen molar-refractivity contribution >= 4 is 27.5 Å². The number of anilines is 1. The summed E-state index contributed by atoms with van der Waals surface area (Å²) in [6.07, 6.45) is 2.35. The van der Waals surface area contributed by atoms with Crippen LogP contribution < -0.4 is 5.32 Å². The highest BCUT2D eigenvalue weighted by Gasteiger charge is 2.18. The fraction of sp³-hybridized carbons (Fsp3) is 0.500. The molecule has 1 aliphatic heterocycles. The van der Waals surface area contributed by atoms with Crippen molar-refractivity contribution in [2.45, 2.75) is 19.8 Å². The molecule has 1 aromatic carbocycles. The number of hydrogen-bond donors (Lipinski definition) is 1. The average Bonchev–Trinajstić information content (AvgIpc) is 2.33. The van der Waals surface area contributed by atoms with E-state index < -0.39 is 5.82 Å². The maximum absolute atomic E-state index is 13.6. The predicted octanol–water partition coefficient (Wildman–Crippen LogP) is 3.26. The first-order valence-corrected chi connectivity index (χ1v) is 7.31. The quantitative estimate of drug-likeness (QED) is 0.923. The SMILES string of the molecule is C[C@@H]1CCCN(CC(=O)Nc2ccc(Br)cc2F)C1. The Morgan fingerprint density at radius 2 is 2.37 bits per heavy atom. The van der Waals surface area contributed by atoms with E-state index in [0.717, 1.165) is 19.5 Å². The number of carbonyl (C=O) groups excluding carboxylic acids is 1. The minimum atomic E-state index is -0.422. The molecule has 1 heterocycles. The maximum Gasteiger partial charge on any atom is 0.238 e. The van der Waals surface area contributed by atoms with Crippen LogP contribution in [0.15, 0.2) is 22.7 Å². The Balaban J connectivity index is 1.90. The zero-order valence-electron chi connectivity index (χ0n) is 11.0. The second kappa shape index (κ2) is 6.48. The van der Waals surface area contributed by atoms with Crippen LogP contribution in [0, 0.1) is 11.7 Å². The minimum absolute atomic E-state index is 0.157. The third-order valence-electron chi connectivity index (χ3n) is 3.31. The summed E-state index contributed by atoms with van der Waals surface area (Å²) in [6.45, 7) is 4.41. The van der Waals surface area contributed by atoms with Crippen molar-refractivity contribution in [3.63, 3.8) is 0 Å². The molecule has 1 amide bonds.